The summed E-state index contributed by atoms with van der Waals surface area (Å²) in [6, 6.07) is 10.4. The van der Waals surface area contributed by atoms with Crippen molar-refractivity contribution in [3.63, 3.8) is 0 Å². The van der Waals surface area contributed by atoms with Crippen LogP contribution in [0.4, 0.5) is 5.69 Å². The first kappa shape index (κ1) is 12.2. The molecule has 3 nitrogen and oxygen atoms in total. The van der Waals surface area contributed by atoms with Gasteiger partial charge in [-0.25, -0.2) is 0 Å². The third-order valence-corrected chi connectivity index (χ3v) is 3.85. The lowest BCUT2D eigenvalue weighted by atomic mass is 9.98. The van der Waals surface area contributed by atoms with Crippen molar-refractivity contribution < 1.29 is 0 Å². The Morgan fingerprint density at radius 2 is 2.00 bits per heavy atom. The van der Waals surface area contributed by atoms with Gasteiger partial charge in [0, 0.05) is 37.7 Å². The van der Waals surface area contributed by atoms with E-state index in [1.165, 1.54) is 16.7 Å². The summed E-state index contributed by atoms with van der Waals surface area (Å²) < 4.78 is 0. The van der Waals surface area contributed by atoms with Gasteiger partial charge in [-0.1, -0.05) is 12.1 Å². The number of nitrogen functional groups attached to an aromatic ring is 1. The molecule has 19 heavy (non-hydrogen) atoms. The minimum absolute atomic E-state index is 0.950. The Morgan fingerprint density at radius 3 is 2.84 bits per heavy atom. The van der Waals surface area contributed by atoms with E-state index in [0.29, 0.717) is 0 Å². The minimum atomic E-state index is 0.950. The first-order chi connectivity index (χ1) is 9.33. The van der Waals surface area contributed by atoms with Crippen LogP contribution in [0.3, 0.4) is 0 Å². The van der Waals surface area contributed by atoms with Crippen LogP contribution in [0.5, 0.6) is 0 Å². The number of benzene rings is 1. The highest BCUT2D eigenvalue weighted by atomic mass is 15.1. The first-order valence-electron chi connectivity index (χ1n) is 6.80. The molecule has 0 saturated heterocycles. The molecule has 3 heteroatoms. The molecule has 0 radical (unpaired) electrons. The van der Waals surface area contributed by atoms with Gasteiger partial charge in [0.1, 0.15) is 0 Å². The smallest absolute Gasteiger partial charge is 0.0350 e. The first-order valence-corrected chi connectivity index (χ1v) is 6.80. The molecule has 1 aromatic heterocycles. The van der Waals surface area contributed by atoms with Crippen LogP contribution >= 0.6 is 0 Å². The van der Waals surface area contributed by atoms with Gasteiger partial charge in [-0.05, 0) is 47.7 Å². The predicted octanol–water partition coefficient (Wildman–Crippen LogP) is 2.26. The van der Waals surface area contributed by atoms with Gasteiger partial charge in [0.15, 0.2) is 0 Å². The number of rotatable bonds is 3. The van der Waals surface area contributed by atoms with Crippen molar-refractivity contribution >= 4 is 5.69 Å². The van der Waals surface area contributed by atoms with E-state index in [9.17, 15) is 0 Å². The monoisotopic (exact) mass is 253 g/mol. The molecule has 98 valence electrons. The molecule has 0 bridgehead atoms. The highest BCUT2D eigenvalue weighted by molar-refractivity contribution is 5.51. The maximum atomic E-state index is 6.03. The minimum Gasteiger partial charge on any atom is -0.398 e. The number of nitrogens with zero attached hydrogens (tertiary/aromatic N) is 2. The summed E-state index contributed by atoms with van der Waals surface area (Å²) >= 11 is 0. The standard InChI is InChI=1S/C16H19N3/c17-16-3-1-2-14-12-19(11-7-15(14)16)10-6-13-4-8-18-9-5-13/h1-5,8-9H,6-7,10-12,17H2. The van der Waals surface area contributed by atoms with Crippen LogP contribution in [-0.4, -0.2) is 23.0 Å². The molecule has 1 aliphatic rings. The fourth-order valence-corrected chi connectivity index (χ4v) is 2.72. The predicted molar refractivity (Wildman–Crippen MR) is 77.8 cm³/mol. The lowest BCUT2D eigenvalue weighted by Gasteiger charge is -2.29. The van der Waals surface area contributed by atoms with Gasteiger partial charge in [0.2, 0.25) is 0 Å². The Kier molecular flexibility index (Phi) is 3.47. The summed E-state index contributed by atoms with van der Waals surface area (Å²) in [4.78, 5) is 6.55. The molecule has 0 saturated carbocycles. The van der Waals surface area contributed by atoms with E-state index in [2.05, 4.69) is 34.1 Å². The second-order valence-electron chi connectivity index (χ2n) is 5.12. The van der Waals surface area contributed by atoms with Crippen molar-refractivity contribution in [2.45, 2.75) is 19.4 Å². The SMILES string of the molecule is Nc1cccc2c1CCN(CCc1ccncc1)C2. The largest absolute Gasteiger partial charge is 0.398 e. The average Bonchev–Trinajstić information content (AvgIpc) is 2.46. The van der Waals surface area contributed by atoms with Crippen molar-refractivity contribution in [3.8, 4) is 0 Å². The Labute approximate surface area is 114 Å². The van der Waals surface area contributed by atoms with Crippen molar-refractivity contribution in [1.82, 2.24) is 9.88 Å². The zero-order valence-corrected chi connectivity index (χ0v) is 11.0. The average molecular weight is 253 g/mol. The second kappa shape index (κ2) is 5.41. The maximum absolute atomic E-state index is 6.03. The van der Waals surface area contributed by atoms with Crippen LogP contribution in [0.15, 0.2) is 42.7 Å². The molecule has 0 aliphatic carbocycles. The third kappa shape index (κ3) is 2.76. The summed E-state index contributed by atoms with van der Waals surface area (Å²) in [5.41, 5.74) is 11.1. The molecule has 1 aliphatic heterocycles. The van der Waals surface area contributed by atoms with Gasteiger partial charge in [0.05, 0.1) is 0 Å². The van der Waals surface area contributed by atoms with E-state index in [-0.39, 0.29) is 0 Å². The van der Waals surface area contributed by atoms with Gasteiger partial charge in [-0.15, -0.1) is 0 Å². The van der Waals surface area contributed by atoms with Crippen molar-refractivity contribution in [1.29, 1.82) is 0 Å². The van der Waals surface area contributed by atoms with Crippen molar-refractivity contribution in [3.05, 3.63) is 59.4 Å². The van der Waals surface area contributed by atoms with Crippen LogP contribution < -0.4 is 5.73 Å². The van der Waals surface area contributed by atoms with Crippen molar-refractivity contribution in [2.24, 2.45) is 0 Å². The van der Waals surface area contributed by atoms with Gasteiger partial charge >= 0.3 is 0 Å². The lowest BCUT2D eigenvalue weighted by Crippen LogP contribution is -2.32. The van der Waals surface area contributed by atoms with E-state index in [1.54, 1.807) is 0 Å². The zero-order valence-electron chi connectivity index (χ0n) is 11.0. The van der Waals surface area contributed by atoms with Gasteiger partial charge in [-0.2, -0.15) is 0 Å². The van der Waals surface area contributed by atoms with Crippen LogP contribution in [0.2, 0.25) is 0 Å². The Balaban J connectivity index is 1.63. The van der Waals surface area contributed by atoms with Crippen LogP contribution in [-0.2, 0) is 19.4 Å². The molecule has 3 rings (SSSR count). The van der Waals surface area contributed by atoms with Crippen LogP contribution in [0.1, 0.15) is 16.7 Å². The molecular formula is C16H19N3. The molecule has 0 amide bonds. The Bertz CT molecular complexity index is 551. The van der Waals surface area contributed by atoms with E-state index in [0.717, 1.165) is 38.2 Å². The van der Waals surface area contributed by atoms with E-state index >= 15 is 0 Å². The van der Waals surface area contributed by atoms with Gasteiger partial charge in [-0.3, -0.25) is 9.88 Å². The maximum Gasteiger partial charge on any atom is 0.0350 e. The highest BCUT2D eigenvalue weighted by Crippen LogP contribution is 2.24. The number of anilines is 1. The highest BCUT2D eigenvalue weighted by Gasteiger charge is 2.17. The zero-order chi connectivity index (χ0) is 13.1. The van der Waals surface area contributed by atoms with E-state index < -0.39 is 0 Å². The van der Waals surface area contributed by atoms with Gasteiger partial charge in [0.25, 0.3) is 0 Å². The van der Waals surface area contributed by atoms with Gasteiger partial charge < -0.3 is 5.73 Å². The quantitative estimate of drug-likeness (QED) is 0.853. The molecular weight excluding hydrogens is 234 g/mol. The molecule has 0 unspecified atom stereocenters. The topological polar surface area (TPSA) is 42.1 Å². The fourth-order valence-electron chi connectivity index (χ4n) is 2.72. The number of pyridine rings is 1. The number of hydrogen-bond acceptors (Lipinski definition) is 3. The molecule has 1 aromatic carbocycles. The number of hydrogen-bond donors (Lipinski definition) is 1. The summed E-state index contributed by atoms with van der Waals surface area (Å²) in [5, 5.41) is 0. The fraction of sp³-hybridized carbons (Fsp3) is 0.312. The molecule has 2 N–H and O–H groups in total. The normalized spacial score (nSPS) is 15.2. The molecule has 2 aromatic rings. The van der Waals surface area contributed by atoms with E-state index in [4.69, 9.17) is 5.73 Å². The number of nitrogens with two attached hydrogens (primary N) is 1. The molecule has 0 fully saturated rings. The van der Waals surface area contributed by atoms with E-state index in [1.807, 2.05) is 18.5 Å². The Hall–Kier alpha value is -1.87. The lowest BCUT2D eigenvalue weighted by molar-refractivity contribution is 0.257. The molecule has 2 heterocycles. The van der Waals surface area contributed by atoms with Crippen LogP contribution in [0.25, 0.3) is 0 Å². The summed E-state index contributed by atoms with van der Waals surface area (Å²) in [5.74, 6) is 0. The Morgan fingerprint density at radius 1 is 1.16 bits per heavy atom. The summed E-state index contributed by atoms with van der Waals surface area (Å²) in [7, 11) is 0. The number of fused-ring (bicyclic) bond motifs is 1. The molecule has 0 atom stereocenters. The van der Waals surface area contributed by atoms with Crippen LogP contribution in [0, 0.1) is 0 Å². The number of aromatic nitrogens is 1. The summed E-state index contributed by atoms with van der Waals surface area (Å²) in [6.07, 6.45) is 5.88. The second-order valence-corrected chi connectivity index (χ2v) is 5.12. The summed E-state index contributed by atoms with van der Waals surface area (Å²) in [6.45, 7) is 3.22. The van der Waals surface area contributed by atoms with Crippen molar-refractivity contribution in [2.75, 3.05) is 18.8 Å². The third-order valence-electron chi connectivity index (χ3n) is 3.85. The molecule has 0 spiro atoms.